The zero-order valence-corrected chi connectivity index (χ0v) is 11.1. The van der Waals surface area contributed by atoms with Crippen molar-refractivity contribution >= 4 is 11.8 Å². The van der Waals surface area contributed by atoms with Gasteiger partial charge in [0, 0.05) is 31.0 Å². The van der Waals surface area contributed by atoms with Gasteiger partial charge in [-0.15, -0.1) is 0 Å². The second-order valence-electron chi connectivity index (χ2n) is 4.41. The molecule has 2 aromatic rings. The molecule has 0 bridgehead atoms. The van der Waals surface area contributed by atoms with Crippen molar-refractivity contribution in [3.05, 3.63) is 30.5 Å². The number of rotatable bonds is 5. The first-order valence-corrected chi connectivity index (χ1v) is 6.03. The van der Waals surface area contributed by atoms with Gasteiger partial charge in [0.1, 0.15) is 5.82 Å². The van der Waals surface area contributed by atoms with Crippen molar-refractivity contribution in [2.75, 3.05) is 10.7 Å². The summed E-state index contributed by atoms with van der Waals surface area (Å²) in [5, 5.41) is 2.87. The number of imidazole rings is 1. The van der Waals surface area contributed by atoms with Crippen LogP contribution >= 0.6 is 0 Å². The monoisotopic (exact) mass is 301 g/mol. The highest BCUT2D eigenvalue weighted by Gasteiger charge is 2.33. The van der Waals surface area contributed by atoms with Gasteiger partial charge in [-0.2, -0.15) is 18.2 Å². The number of hydrogen-bond acceptors (Lipinski definition) is 6. The smallest absolute Gasteiger partial charge is 0.366 e. The Morgan fingerprint density at radius 2 is 2.14 bits per heavy atom. The van der Waals surface area contributed by atoms with Gasteiger partial charge in [-0.3, -0.25) is 5.43 Å². The van der Waals surface area contributed by atoms with Crippen molar-refractivity contribution in [2.24, 2.45) is 5.84 Å². The highest BCUT2D eigenvalue weighted by atomic mass is 19.4. The van der Waals surface area contributed by atoms with Gasteiger partial charge in [0.25, 0.3) is 0 Å². The summed E-state index contributed by atoms with van der Waals surface area (Å²) in [4.78, 5) is 11.0. The molecule has 2 rings (SSSR count). The second kappa shape index (κ2) is 5.95. The fourth-order valence-corrected chi connectivity index (χ4v) is 1.74. The minimum absolute atomic E-state index is 0.0397. The van der Waals surface area contributed by atoms with E-state index in [0.717, 1.165) is 6.07 Å². The Kier molecular flexibility index (Phi) is 4.26. The molecule has 0 aliphatic heterocycles. The van der Waals surface area contributed by atoms with Crippen molar-refractivity contribution in [3.63, 3.8) is 0 Å². The van der Waals surface area contributed by atoms with Crippen LogP contribution in [0, 0.1) is 0 Å². The summed E-state index contributed by atoms with van der Waals surface area (Å²) in [6.45, 7) is 2.33. The third kappa shape index (κ3) is 4.05. The number of alkyl halides is 3. The maximum Gasteiger partial charge on any atom is 0.433 e. The number of hydrogen-bond donors (Lipinski definition) is 3. The van der Waals surface area contributed by atoms with Gasteiger partial charge in [-0.1, -0.05) is 0 Å². The number of nitrogens with two attached hydrogens (primary N) is 1. The first kappa shape index (κ1) is 15.0. The zero-order valence-electron chi connectivity index (χ0n) is 11.1. The van der Waals surface area contributed by atoms with E-state index in [1.165, 1.54) is 0 Å². The topological polar surface area (TPSA) is 93.7 Å². The lowest BCUT2D eigenvalue weighted by molar-refractivity contribution is -0.141. The van der Waals surface area contributed by atoms with Gasteiger partial charge in [-0.05, 0) is 6.92 Å². The fourth-order valence-electron chi connectivity index (χ4n) is 1.74. The van der Waals surface area contributed by atoms with Gasteiger partial charge in [-0.25, -0.2) is 15.8 Å². The Morgan fingerprint density at radius 1 is 1.38 bits per heavy atom. The number of nitrogen functional groups attached to an aromatic ring is 1. The van der Waals surface area contributed by atoms with Crippen LogP contribution in [0.15, 0.2) is 24.8 Å². The highest BCUT2D eigenvalue weighted by molar-refractivity contribution is 5.43. The van der Waals surface area contributed by atoms with Crippen LogP contribution in [0.25, 0.3) is 0 Å². The third-order valence-electron chi connectivity index (χ3n) is 2.58. The summed E-state index contributed by atoms with van der Waals surface area (Å²) >= 11 is 0. The van der Waals surface area contributed by atoms with E-state index in [1.807, 2.05) is 12.3 Å². The Bertz CT molecular complexity index is 582. The van der Waals surface area contributed by atoms with Gasteiger partial charge < -0.3 is 9.88 Å². The SMILES string of the molecule is CC(Cn1ccnc1)Nc1cc(C(F)(F)F)nc(NN)n1. The van der Waals surface area contributed by atoms with Crippen LogP contribution in [0.1, 0.15) is 12.6 Å². The van der Waals surface area contributed by atoms with Crippen molar-refractivity contribution in [1.29, 1.82) is 0 Å². The molecule has 114 valence electrons. The summed E-state index contributed by atoms with van der Waals surface area (Å²) in [5.41, 5.74) is 0.954. The Hall–Kier alpha value is -2.36. The molecule has 0 aromatic carbocycles. The third-order valence-corrected chi connectivity index (χ3v) is 2.58. The van der Waals surface area contributed by atoms with E-state index in [2.05, 4.69) is 20.3 Å². The Morgan fingerprint density at radius 3 is 2.71 bits per heavy atom. The zero-order chi connectivity index (χ0) is 15.5. The predicted octanol–water partition coefficient (Wildman–Crippen LogP) is 1.48. The molecule has 10 heteroatoms. The lowest BCUT2D eigenvalue weighted by Crippen LogP contribution is -2.23. The van der Waals surface area contributed by atoms with Crippen molar-refractivity contribution < 1.29 is 13.2 Å². The van der Waals surface area contributed by atoms with E-state index in [9.17, 15) is 13.2 Å². The minimum Gasteiger partial charge on any atom is -0.366 e. The van der Waals surface area contributed by atoms with Gasteiger partial charge in [0.2, 0.25) is 5.95 Å². The van der Waals surface area contributed by atoms with E-state index in [0.29, 0.717) is 6.54 Å². The van der Waals surface area contributed by atoms with Crippen molar-refractivity contribution in [2.45, 2.75) is 25.7 Å². The first-order chi connectivity index (χ1) is 9.88. The summed E-state index contributed by atoms with van der Waals surface area (Å²) < 4.78 is 40.0. The van der Waals surface area contributed by atoms with Gasteiger partial charge in [0.05, 0.1) is 6.33 Å². The molecule has 0 radical (unpaired) electrons. The molecule has 0 fully saturated rings. The van der Waals surface area contributed by atoms with Gasteiger partial charge in [0.15, 0.2) is 5.69 Å². The van der Waals surface area contributed by atoms with Crippen LogP contribution in [0.2, 0.25) is 0 Å². The average molecular weight is 301 g/mol. The molecule has 21 heavy (non-hydrogen) atoms. The Labute approximate surface area is 118 Å². The van der Waals surface area contributed by atoms with Crippen molar-refractivity contribution in [3.8, 4) is 0 Å². The molecule has 2 aromatic heterocycles. The molecule has 0 aliphatic rings. The lowest BCUT2D eigenvalue weighted by atomic mass is 10.3. The van der Waals surface area contributed by atoms with Gasteiger partial charge >= 0.3 is 6.18 Å². The maximum absolute atomic E-state index is 12.7. The number of aromatic nitrogens is 4. The molecule has 0 amide bonds. The summed E-state index contributed by atoms with van der Waals surface area (Å²) in [6, 6.07) is 0.673. The maximum atomic E-state index is 12.7. The number of anilines is 2. The minimum atomic E-state index is -4.57. The van der Waals surface area contributed by atoms with Crippen molar-refractivity contribution in [1.82, 2.24) is 19.5 Å². The standard InChI is InChI=1S/C11H14F3N7/c1-7(5-21-3-2-16-6-21)17-9-4-8(11(12,13)14)18-10(19-9)20-15/h2-4,6-7H,5,15H2,1H3,(H2,17,18,19,20). The molecular formula is C11H14F3N7. The Balaban J connectivity index is 2.15. The average Bonchev–Trinajstić information content (AvgIpc) is 2.89. The normalized spacial score (nSPS) is 13.0. The molecule has 1 unspecified atom stereocenters. The predicted molar refractivity (Wildman–Crippen MR) is 70.2 cm³/mol. The molecule has 7 nitrogen and oxygen atoms in total. The summed E-state index contributed by atoms with van der Waals surface area (Å²) in [6.07, 6.45) is 0.423. The largest absolute Gasteiger partial charge is 0.433 e. The number of nitrogens with one attached hydrogen (secondary N) is 2. The molecule has 0 saturated carbocycles. The fraction of sp³-hybridized carbons (Fsp3) is 0.364. The summed E-state index contributed by atoms with van der Waals surface area (Å²) in [7, 11) is 0. The number of halogens is 3. The van der Waals surface area contributed by atoms with Crippen LogP contribution in [0.4, 0.5) is 24.9 Å². The highest BCUT2D eigenvalue weighted by Crippen LogP contribution is 2.29. The molecule has 4 N–H and O–H groups in total. The molecule has 0 saturated heterocycles. The van der Waals surface area contributed by atoms with Crippen LogP contribution in [0.3, 0.4) is 0 Å². The number of nitrogens with zero attached hydrogens (tertiary/aromatic N) is 4. The second-order valence-corrected chi connectivity index (χ2v) is 4.41. The van der Waals surface area contributed by atoms with Crippen LogP contribution in [0.5, 0.6) is 0 Å². The number of hydrazine groups is 1. The summed E-state index contributed by atoms with van der Waals surface area (Å²) in [5.74, 6) is 4.83. The lowest BCUT2D eigenvalue weighted by Gasteiger charge is -2.16. The quantitative estimate of drug-likeness (QED) is 0.572. The van der Waals surface area contributed by atoms with Crippen LogP contribution in [-0.4, -0.2) is 25.6 Å². The van der Waals surface area contributed by atoms with E-state index >= 15 is 0 Å². The van der Waals surface area contributed by atoms with E-state index in [1.54, 1.807) is 23.3 Å². The molecule has 0 spiro atoms. The molecule has 2 heterocycles. The van der Waals surface area contributed by atoms with E-state index in [-0.39, 0.29) is 17.8 Å². The first-order valence-electron chi connectivity index (χ1n) is 6.03. The molecule has 0 aliphatic carbocycles. The molecular weight excluding hydrogens is 287 g/mol. The van der Waals surface area contributed by atoms with E-state index < -0.39 is 11.9 Å². The molecule has 1 atom stereocenters. The van der Waals surface area contributed by atoms with Crippen LogP contribution in [-0.2, 0) is 12.7 Å². The van der Waals surface area contributed by atoms with E-state index in [4.69, 9.17) is 5.84 Å². The van der Waals surface area contributed by atoms with Crippen LogP contribution < -0.4 is 16.6 Å².